The summed E-state index contributed by atoms with van der Waals surface area (Å²) in [5.41, 5.74) is -0.183. The minimum absolute atomic E-state index is 0.00693. The zero-order chi connectivity index (χ0) is 19.8. The molecule has 0 aliphatic carbocycles. The van der Waals surface area contributed by atoms with Crippen molar-refractivity contribution in [3.63, 3.8) is 0 Å². The lowest BCUT2D eigenvalue weighted by Gasteiger charge is -2.16. The van der Waals surface area contributed by atoms with Crippen LogP contribution in [0.15, 0.2) is 47.4 Å². The molecule has 2 N–H and O–H groups in total. The van der Waals surface area contributed by atoms with Crippen molar-refractivity contribution in [3.05, 3.63) is 54.1 Å². The fourth-order valence-corrected chi connectivity index (χ4v) is 3.77. The third-order valence-corrected chi connectivity index (χ3v) is 5.49. The lowest BCUT2D eigenvalue weighted by Crippen LogP contribution is -2.25. The van der Waals surface area contributed by atoms with Crippen LogP contribution in [0.3, 0.4) is 0 Å². The number of nitrogens with zero attached hydrogens (tertiary/aromatic N) is 1. The molecule has 2 aromatic carbocycles. The van der Waals surface area contributed by atoms with Crippen LogP contribution in [-0.4, -0.2) is 31.9 Å². The molecular weight excluding hydrogens is 382 g/mol. The highest BCUT2D eigenvalue weighted by Gasteiger charge is 2.35. The first-order valence-corrected chi connectivity index (χ1v) is 9.27. The van der Waals surface area contributed by atoms with E-state index in [-0.39, 0.29) is 23.8 Å². The summed E-state index contributed by atoms with van der Waals surface area (Å²) in [7, 11) is -4.18. The molecule has 0 saturated carbocycles. The Morgan fingerprint density at radius 3 is 2.41 bits per heavy atom. The van der Waals surface area contributed by atoms with Gasteiger partial charge in [0.25, 0.3) is 10.0 Å². The van der Waals surface area contributed by atoms with Gasteiger partial charge in [-0.25, -0.2) is 17.2 Å². The minimum atomic E-state index is -4.18. The Morgan fingerprint density at radius 2 is 1.81 bits per heavy atom. The predicted molar refractivity (Wildman–Crippen MR) is 91.7 cm³/mol. The number of halogens is 2. The maximum Gasteiger partial charge on any atom is 0.308 e. The minimum Gasteiger partial charge on any atom is -0.481 e. The van der Waals surface area contributed by atoms with Gasteiger partial charge in [-0.2, -0.15) is 0 Å². The Labute approximate surface area is 153 Å². The van der Waals surface area contributed by atoms with Crippen LogP contribution < -0.4 is 9.62 Å². The van der Waals surface area contributed by atoms with Crippen molar-refractivity contribution in [1.82, 2.24) is 0 Å². The Hall–Kier alpha value is -3.01. The molecule has 1 heterocycles. The third-order valence-electron chi connectivity index (χ3n) is 4.11. The normalized spacial score (nSPS) is 17.2. The summed E-state index contributed by atoms with van der Waals surface area (Å²) in [5.74, 6) is -4.01. The zero-order valence-electron chi connectivity index (χ0n) is 13.7. The van der Waals surface area contributed by atoms with E-state index in [4.69, 9.17) is 5.11 Å². The standard InChI is InChI=1S/C17H14F2N2O5S/c18-11-1-6-14(19)15(8-11)20-27(25,26)13-4-2-12(3-5-13)21-9-10(17(23)24)7-16(21)22/h1-6,8,10,20H,7,9H2,(H,23,24)/t10-/m0/s1. The van der Waals surface area contributed by atoms with Crippen LogP contribution in [0.25, 0.3) is 0 Å². The number of nitrogens with one attached hydrogen (secondary N) is 1. The summed E-state index contributed by atoms with van der Waals surface area (Å²) >= 11 is 0. The highest BCUT2D eigenvalue weighted by molar-refractivity contribution is 7.92. The molecule has 0 radical (unpaired) electrons. The summed E-state index contributed by atoms with van der Waals surface area (Å²) in [6, 6.07) is 7.45. The number of carbonyl (C=O) groups excluding carboxylic acids is 1. The van der Waals surface area contributed by atoms with Gasteiger partial charge in [0.2, 0.25) is 5.91 Å². The number of sulfonamides is 1. The Bertz CT molecular complexity index is 1010. The average Bonchev–Trinajstić information content (AvgIpc) is 3.00. The van der Waals surface area contributed by atoms with Crippen LogP contribution in [-0.2, 0) is 19.6 Å². The molecule has 1 saturated heterocycles. The van der Waals surface area contributed by atoms with E-state index >= 15 is 0 Å². The molecular formula is C17H14F2N2O5S. The van der Waals surface area contributed by atoms with Crippen molar-refractivity contribution >= 4 is 33.3 Å². The number of carboxylic acid groups (broad SMARTS) is 1. The molecule has 10 heteroatoms. The highest BCUT2D eigenvalue weighted by Crippen LogP contribution is 2.27. The quantitative estimate of drug-likeness (QED) is 0.807. The fourth-order valence-electron chi connectivity index (χ4n) is 2.71. The van der Waals surface area contributed by atoms with Gasteiger partial charge in [-0.1, -0.05) is 0 Å². The zero-order valence-corrected chi connectivity index (χ0v) is 14.5. The first kappa shape index (κ1) is 18.8. The van der Waals surface area contributed by atoms with Gasteiger partial charge in [-0.05, 0) is 36.4 Å². The highest BCUT2D eigenvalue weighted by atomic mass is 32.2. The molecule has 0 unspecified atom stereocenters. The third kappa shape index (κ3) is 3.90. The lowest BCUT2D eigenvalue weighted by molar-refractivity contribution is -0.141. The molecule has 1 aliphatic rings. The maximum atomic E-state index is 13.6. The van der Waals surface area contributed by atoms with E-state index in [1.807, 2.05) is 4.72 Å². The number of carboxylic acids is 1. The van der Waals surface area contributed by atoms with Crippen LogP contribution in [0.5, 0.6) is 0 Å². The van der Waals surface area contributed by atoms with Gasteiger partial charge >= 0.3 is 5.97 Å². The van der Waals surface area contributed by atoms with Gasteiger partial charge in [0.05, 0.1) is 16.5 Å². The van der Waals surface area contributed by atoms with Crippen LogP contribution in [0.4, 0.5) is 20.2 Å². The lowest BCUT2D eigenvalue weighted by atomic mass is 10.1. The first-order valence-electron chi connectivity index (χ1n) is 7.78. The van der Waals surface area contributed by atoms with Gasteiger partial charge in [-0.3, -0.25) is 14.3 Å². The van der Waals surface area contributed by atoms with Gasteiger partial charge in [0, 0.05) is 24.7 Å². The topological polar surface area (TPSA) is 104 Å². The second-order valence-corrected chi connectivity index (χ2v) is 7.65. The second-order valence-electron chi connectivity index (χ2n) is 5.97. The number of aliphatic carboxylic acids is 1. The Balaban J connectivity index is 1.81. The van der Waals surface area contributed by atoms with Crippen LogP contribution in [0.1, 0.15) is 6.42 Å². The molecule has 3 rings (SSSR count). The van der Waals surface area contributed by atoms with E-state index in [0.717, 1.165) is 18.2 Å². The van der Waals surface area contributed by atoms with Gasteiger partial charge < -0.3 is 10.0 Å². The molecule has 0 aromatic heterocycles. The van der Waals surface area contributed by atoms with E-state index < -0.39 is 39.2 Å². The van der Waals surface area contributed by atoms with Gasteiger partial charge in [0.15, 0.2) is 0 Å². The monoisotopic (exact) mass is 396 g/mol. The van der Waals surface area contributed by atoms with Crippen molar-refractivity contribution < 1.29 is 31.9 Å². The fraction of sp³-hybridized carbons (Fsp3) is 0.176. The van der Waals surface area contributed by atoms with E-state index in [1.165, 1.54) is 29.2 Å². The van der Waals surface area contributed by atoms with Gasteiger partial charge in [0.1, 0.15) is 11.6 Å². The van der Waals surface area contributed by atoms with Crippen molar-refractivity contribution in [2.75, 3.05) is 16.2 Å². The largest absolute Gasteiger partial charge is 0.481 e. The van der Waals surface area contributed by atoms with Crippen LogP contribution >= 0.6 is 0 Å². The Morgan fingerprint density at radius 1 is 1.15 bits per heavy atom. The number of amides is 1. The van der Waals surface area contributed by atoms with E-state index in [1.54, 1.807) is 0 Å². The number of hydrogen-bond acceptors (Lipinski definition) is 4. The van der Waals surface area contributed by atoms with Crippen molar-refractivity contribution in [2.45, 2.75) is 11.3 Å². The molecule has 27 heavy (non-hydrogen) atoms. The van der Waals surface area contributed by atoms with E-state index in [9.17, 15) is 26.8 Å². The predicted octanol–water partition coefficient (Wildman–Crippen LogP) is 2.20. The Kier molecular flexibility index (Phi) is 4.83. The van der Waals surface area contributed by atoms with E-state index in [0.29, 0.717) is 5.69 Å². The summed E-state index contributed by atoms with van der Waals surface area (Å²) in [4.78, 5) is 24.0. The maximum absolute atomic E-state index is 13.6. The SMILES string of the molecule is O=C(O)[C@H]1CC(=O)N(c2ccc(S(=O)(=O)Nc3cc(F)ccc3F)cc2)C1. The average molecular weight is 396 g/mol. The molecule has 1 fully saturated rings. The second kappa shape index (κ2) is 6.95. The number of anilines is 2. The summed E-state index contributed by atoms with van der Waals surface area (Å²) < 4.78 is 53.5. The molecule has 7 nitrogen and oxygen atoms in total. The molecule has 1 aliphatic heterocycles. The smallest absolute Gasteiger partial charge is 0.308 e. The summed E-state index contributed by atoms with van der Waals surface area (Å²) in [6.45, 7) is -0.00693. The summed E-state index contributed by atoms with van der Waals surface area (Å²) in [6.07, 6.45) is -0.129. The molecule has 1 atom stereocenters. The van der Waals surface area contributed by atoms with Crippen molar-refractivity contribution in [3.8, 4) is 0 Å². The number of rotatable bonds is 5. The molecule has 2 aromatic rings. The number of carbonyl (C=O) groups is 2. The first-order chi connectivity index (χ1) is 12.7. The number of hydrogen-bond donors (Lipinski definition) is 2. The number of benzene rings is 2. The van der Waals surface area contributed by atoms with Gasteiger partial charge in [-0.15, -0.1) is 0 Å². The van der Waals surface area contributed by atoms with Crippen LogP contribution in [0, 0.1) is 17.6 Å². The molecule has 142 valence electrons. The van der Waals surface area contributed by atoms with E-state index in [2.05, 4.69) is 0 Å². The summed E-state index contributed by atoms with van der Waals surface area (Å²) in [5, 5.41) is 9.00. The van der Waals surface area contributed by atoms with Crippen molar-refractivity contribution in [1.29, 1.82) is 0 Å². The van der Waals surface area contributed by atoms with Crippen LogP contribution in [0.2, 0.25) is 0 Å². The van der Waals surface area contributed by atoms with Crippen molar-refractivity contribution in [2.24, 2.45) is 5.92 Å². The molecule has 0 spiro atoms. The molecule has 1 amide bonds. The molecule has 0 bridgehead atoms.